The van der Waals surface area contributed by atoms with Crippen molar-refractivity contribution in [1.82, 2.24) is 4.90 Å². The average Bonchev–Trinajstić information content (AvgIpc) is 2.38. The highest BCUT2D eigenvalue weighted by Crippen LogP contribution is 2.24. The Morgan fingerprint density at radius 2 is 1.70 bits per heavy atom. The molecule has 1 amide bonds. The van der Waals surface area contributed by atoms with E-state index >= 15 is 0 Å². The molecule has 1 aromatic carbocycles. The second-order valence-electron chi connectivity index (χ2n) is 6.34. The third-order valence-corrected chi connectivity index (χ3v) is 3.91. The van der Waals surface area contributed by atoms with Crippen LogP contribution < -0.4 is 4.90 Å². The maximum absolute atomic E-state index is 12.3. The van der Waals surface area contributed by atoms with Crippen molar-refractivity contribution in [2.45, 2.75) is 46.2 Å². The summed E-state index contributed by atoms with van der Waals surface area (Å²) in [6.07, 6.45) is 0.658. The van der Waals surface area contributed by atoms with Crippen LogP contribution in [0.4, 0.5) is 5.69 Å². The van der Waals surface area contributed by atoms with Crippen LogP contribution in [0.2, 0.25) is 0 Å². The van der Waals surface area contributed by atoms with Crippen LogP contribution in [0, 0.1) is 5.92 Å². The van der Waals surface area contributed by atoms with Crippen molar-refractivity contribution < 1.29 is 4.79 Å². The average molecular weight is 274 g/mol. The van der Waals surface area contributed by atoms with Crippen molar-refractivity contribution in [1.29, 1.82) is 0 Å². The highest BCUT2D eigenvalue weighted by atomic mass is 16.2. The van der Waals surface area contributed by atoms with Crippen LogP contribution in [-0.4, -0.2) is 36.0 Å². The van der Waals surface area contributed by atoms with E-state index in [1.807, 2.05) is 11.0 Å². The Kier molecular flexibility index (Phi) is 4.69. The first-order valence-electron chi connectivity index (χ1n) is 7.60. The van der Waals surface area contributed by atoms with Crippen molar-refractivity contribution in [2.24, 2.45) is 5.92 Å². The first kappa shape index (κ1) is 14.9. The van der Waals surface area contributed by atoms with Gasteiger partial charge in [-0.25, -0.2) is 0 Å². The van der Waals surface area contributed by atoms with Gasteiger partial charge in [-0.05, 0) is 31.9 Å². The van der Waals surface area contributed by atoms with Crippen molar-refractivity contribution in [3.8, 4) is 0 Å². The number of benzene rings is 1. The Bertz CT molecular complexity index is 432. The lowest BCUT2D eigenvalue weighted by Gasteiger charge is -2.46. The summed E-state index contributed by atoms with van der Waals surface area (Å²) >= 11 is 0. The molecule has 1 fully saturated rings. The second-order valence-corrected chi connectivity index (χ2v) is 6.34. The van der Waals surface area contributed by atoms with Crippen molar-refractivity contribution in [3.63, 3.8) is 0 Å². The van der Waals surface area contributed by atoms with Crippen LogP contribution in [-0.2, 0) is 4.79 Å². The van der Waals surface area contributed by atoms with Gasteiger partial charge in [0.15, 0.2) is 0 Å². The van der Waals surface area contributed by atoms with Crippen molar-refractivity contribution >= 4 is 11.6 Å². The summed E-state index contributed by atoms with van der Waals surface area (Å²) in [5.41, 5.74) is 1.25. The molecule has 3 heteroatoms. The first-order chi connectivity index (χ1) is 9.49. The molecule has 1 saturated heterocycles. The van der Waals surface area contributed by atoms with Crippen LogP contribution in [0.3, 0.4) is 0 Å². The molecule has 1 heterocycles. The van der Waals surface area contributed by atoms with Crippen molar-refractivity contribution in [2.75, 3.05) is 18.0 Å². The molecule has 0 N–H and O–H groups in total. The molecule has 0 aromatic heterocycles. The molecule has 0 bridgehead atoms. The highest BCUT2D eigenvalue weighted by Gasteiger charge is 2.31. The second kappa shape index (κ2) is 6.29. The van der Waals surface area contributed by atoms with E-state index in [9.17, 15) is 4.79 Å². The minimum atomic E-state index is 0.298. The minimum absolute atomic E-state index is 0.298. The largest absolute Gasteiger partial charge is 0.363 e. The van der Waals surface area contributed by atoms with Crippen LogP contribution >= 0.6 is 0 Å². The Morgan fingerprint density at radius 3 is 2.20 bits per heavy atom. The zero-order chi connectivity index (χ0) is 14.7. The van der Waals surface area contributed by atoms with Gasteiger partial charge in [-0.1, -0.05) is 32.0 Å². The Hall–Kier alpha value is -1.51. The van der Waals surface area contributed by atoms with Gasteiger partial charge in [0.1, 0.15) is 0 Å². The highest BCUT2D eigenvalue weighted by molar-refractivity contribution is 5.77. The third kappa shape index (κ3) is 3.33. The van der Waals surface area contributed by atoms with Crippen LogP contribution in [0.1, 0.15) is 34.1 Å². The summed E-state index contributed by atoms with van der Waals surface area (Å²) in [4.78, 5) is 16.7. The number of nitrogens with zero attached hydrogens (tertiary/aromatic N) is 2. The lowest BCUT2D eigenvalue weighted by atomic mass is 10.0. The third-order valence-electron chi connectivity index (χ3n) is 3.91. The number of anilines is 1. The fourth-order valence-electron chi connectivity index (χ4n) is 3.11. The van der Waals surface area contributed by atoms with Gasteiger partial charge in [0.25, 0.3) is 0 Å². The Labute approximate surface area is 122 Å². The molecule has 0 saturated carbocycles. The molecule has 110 valence electrons. The van der Waals surface area contributed by atoms with Gasteiger partial charge in [0.05, 0.1) is 0 Å². The summed E-state index contributed by atoms with van der Waals surface area (Å²) in [5.74, 6) is 0.728. The van der Waals surface area contributed by atoms with E-state index in [2.05, 4.69) is 56.9 Å². The molecule has 20 heavy (non-hydrogen) atoms. The number of hydrogen-bond acceptors (Lipinski definition) is 2. The van der Waals surface area contributed by atoms with Crippen LogP contribution in [0.15, 0.2) is 30.3 Å². The molecular formula is C17H26N2O. The number of para-hydroxylation sites is 1. The summed E-state index contributed by atoms with van der Waals surface area (Å²) in [7, 11) is 0. The molecule has 0 radical (unpaired) electrons. The number of amides is 1. The molecular weight excluding hydrogens is 248 g/mol. The lowest BCUT2D eigenvalue weighted by Crippen LogP contribution is -2.58. The first-order valence-corrected chi connectivity index (χ1v) is 7.60. The zero-order valence-corrected chi connectivity index (χ0v) is 13.0. The lowest BCUT2D eigenvalue weighted by molar-refractivity contribution is -0.133. The topological polar surface area (TPSA) is 23.6 Å². The van der Waals surface area contributed by atoms with Gasteiger partial charge in [0.2, 0.25) is 5.91 Å². The standard InChI is InChI=1S/C17H26N2O/c1-13(2)10-17(20)18-11-14(3)19(15(4)12-18)16-8-6-5-7-9-16/h5-9,13-15H,10-12H2,1-4H3. The Morgan fingerprint density at radius 1 is 1.15 bits per heavy atom. The number of carbonyl (C=O) groups excluding carboxylic acids is 1. The van der Waals surface area contributed by atoms with Gasteiger partial charge < -0.3 is 9.80 Å². The molecule has 0 aliphatic carbocycles. The summed E-state index contributed by atoms with van der Waals surface area (Å²) in [6.45, 7) is 10.3. The van der Waals surface area contributed by atoms with Gasteiger partial charge in [-0.3, -0.25) is 4.79 Å². The fourth-order valence-corrected chi connectivity index (χ4v) is 3.11. The normalized spacial score (nSPS) is 23.2. The molecule has 1 aromatic rings. The number of carbonyl (C=O) groups is 1. The van der Waals surface area contributed by atoms with Gasteiger partial charge in [-0.2, -0.15) is 0 Å². The summed E-state index contributed by atoms with van der Waals surface area (Å²) in [5, 5.41) is 0. The summed E-state index contributed by atoms with van der Waals surface area (Å²) < 4.78 is 0. The number of hydrogen-bond donors (Lipinski definition) is 0. The number of rotatable bonds is 3. The minimum Gasteiger partial charge on any atom is -0.363 e. The smallest absolute Gasteiger partial charge is 0.222 e. The van der Waals surface area contributed by atoms with Gasteiger partial charge in [-0.15, -0.1) is 0 Å². The van der Waals surface area contributed by atoms with E-state index in [0.717, 1.165) is 13.1 Å². The van der Waals surface area contributed by atoms with Crippen LogP contribution in [0.5, 0.6) is 0 Å². The maximum atomic E-state index is 12.3. The van der Waals surface area contributed by atoms with E-state index in [1.54, 1.807) is 0 Å². The molecule has 1 aliphatic rings. The molecule has 2 rings (SSSR count). The van der Waals surface area contributed by atoms with E-state index < -0.39 is 0 Å². The predicted molar refractivity (Wildman–Crippen MR) is 83.9 cm³/mol. The SMILES string of the molecule is CC(C)CC(=O)N1CC(C)N(c2ccccc2)C(C)C1. The van der Waals surface area contributed by atoms with Gasteiger partial charge in [0, 0.05) is 37.3 Å². The molecule has 1 aliphatic heterocycles. The number of piperazine rings is 1. The van der Waals surface area contributed by atoms with E-state index in [1.165, 1.54) is 5.69 Å². The molecule has 2 atom stereocenters. The van der Waals surface area contributed by atoms with E-state index in [-0.39, 0.29) is 0 Å². The maximum Gasteiger partial charge on any atom is 0.222 e. The monoisotopic (exact) mass is 274 g/mol. The van der Waals surface area contributed by atoms with Crippen molar-refractivity contribution in [3.05, 3.63) is 30.3 Å². The van der Waals surface area contributed by atoms with E-state index in [4.69, 9.17) is 0 Å². The Balaban J connectivity index is 2.07. The van der Waals surface area contributed by atoms with Gasteiger partial charge >= 0.3 is 0 Å². The zero-order valence-electron chi connectivity index (χ0n) is 13.0. The predicted octanol–water partition coefficient (Wildman–Crippen LogP) is 3.16. The molecule has 0 spiro atoms. The fraction of sp³-hybridized carbons (Fsp3) is 0.588. The molecule has 3 nitrogen and oxygen atoms in total. The molecule has 2 unspecified atom stereocenters. The van der Waals surface area contributed by atoms with Crippen LogP contribution in [0.25, 0.3) is 0 Å². The summed E-state index contributed by atoms with van der Waals surface area (Å²) in [6, 6.07) is 11.2. The van der Waals surface area contributed by atoms with E-state index in [0.29, 0.717) is 30.3 Å². The quantitative estimate of drug-likeness (QED) is 0.845.